The Morgan fingerprint density at radius 1 is 1.20 bits per heavy atom. The number of imidazole rings is 1. The summed E-state index contributed by atoms with van der Waals surface area (Å²) in [5.41, 5.74) is 4.23. The number of methoxy groups -OCH3 is 1. The van der Waals surface area contributed by atoms with Crippen LogP contribution < -0.4 is 5.32 Å². The maximum absolute atomic E-state index is 5.14. The second kappa shape index (κ2) is 5.75. The second-order valence-corrected chi connectivity index (χ2v) is 4.69. The molecule has 2 aromatic heterocycles. The largest absolute Gasteiger partial charge is 0.380 e. The van der Waals surface area contributed by atoms with Crippen molar-refractivity contribution in [2.75, 3.05) is 12.4 Å². The highest BCUT2D eigenvalue weighted by Gasteiger charge is 2.01. The average molecular weight is 267 g/mol. The Morgan fingerprint density at radius 2 is 2.15 bits per heavy atom. The number of pyridine rings is 1. The van der Waals surface area contributed by atoms with Crippen molar-refractivity contribution >= 4 is 11.3 Å². The normalized spacial score (nSPS) is 10.8. The van der Waals surface area contributed by atoms with Gasteiger partial charge in [0, 0.05) is 25.2 Å². The van der Waals surface area contributed by atoms with E-state index in [2.05, 4.69) is 28.5 Å². The van der Waals surface area contributed by atoms with Crippen molar-refractivity contribution in [2.24, 2.45) is 0 Å². The molecule has 0 saturated carbocycles. The standard InChI is InChI=1S/C16H17N3O/c1-20-12-13-5-4-6-14(9-13)17-10-15-11-19-8-3-2-7-16(19)18-15/h2-9,11,17H,10,12H2,1H3. The number of ether oxygens (including phenoxy) is 1. The Kier molecular flexibility index (Phi) is 3.65. The Bertz CT molecular complexity index is 673. The summed E-state index contributed by atoms with van der Waals surface area (Å²) in [6.45, 7) is 1.34. The molecule has 0 radical (unpaired) electrons. The van der Waals surface area contributed by atoms with Crippen molar-refractivity contribution in [3.05, 3.63) is 66.1 Å². The van der Waals surface area contributed by atoms with Crippen LogP contribution in [-0.2, 0) is 17.9 Å². The molecule has 0 spiro atoms. The fourth-order valence-electron chi connectivity index (χ4n) is 2.20. The first kappa shape index (κ1) is 12.7. The van der Waals surface area contributed by atoms with E-state index in [1.165, 1.54) is 0 Å². The lowest BCUT2D eigenvalue weighted by Crippen LogP contribution is -2.00. The Labute approximate surface area is 118 Å². The van der Waals surface area contributed by atoms with Crippen LogP contribution in [-0.4, -0.2) is 16.5 Å². The zero-order chi connectivity index (χ0) is 13.8. The highest BCUT2D eigenvalue weighted by atomic mass is 16.5. The van der Waals surface area contributed by atoms with Crippen molar-refractivity contribution in [3.63, 3.8) is 0 Å². The molecule has 3 aromatic rings. The third-order valence-corrected chi connectivity index (χ3v) is 3.13. The monoisotopic (exact) mass is 267 g/mol. The van der Waals surface area contributed by atoms with Gasteiger partial charge in [0.25, 0.3) is 0 Å². The van der Waals surface area contributed by atoms with Gasteiger partial charge in [-0.3, -0.25) is 0 Å². The SMILES string of the molecule is COCc1cccc(NCc2cn3ccccc3n2)c1. The molecular weight excluding hydrogens is 250 g/mol. The number of rotatable bonds is 5. The van der Waals surface area contributed by atoms with Gasteiger partial charge in [0.05, 0.1) is 18.8 Å². The number of hydrogen-bond donors (Lipinski definition) is 1. The van der Waals surface area contributed by atoms with Crippen LogP contribution >= 0.6 is 0 Å². The van der Waals surface area contributed by atoms with Gasteiger partial charge >= 0.3 is 0 Å². The summed E-state index contributed by atoms with van der Waals surface area (Å²) >= 11 is 0. The first-order valence-corrected chi connectivity index (χ1v) is 6.59. The van der Waals surface area contributed by atoms with Crippen molar-refractivity contribution < 1.29 is 4.74 Å². The minimum atomic E-state index is 0.629. The van der Waals surface area contributed by atoms with Crippen LogP contribution in [0, 0.1) is 0 Å². The molecule has 1 aromatic carbocycles. The highest BCUT2D eigenvalue weighted by molar-refractivity contribution is 5.46. The first-order chi connectivity index (χ1) is 9.85. The summed E-state index contributed by atoms with van der Waals surface area (Å²) in [5.74, 6) is 0. The summed E-state index contributed by atoms with van der Waals surface area (Å²) in [7, 11) is 1.71. The van der Waals surface area contributed by atoms with Gasteiger partial charge in [-0.1, -0.05) is 18.2 Å². The topological polar surface area (TPSA) is 38.6 Å². The van der Waals surface area contributed by atoms with E-state index in [0.717, 1.165) is 22.6 Å². The predicted octanol–water partition coefficient (Wildman–Crippen LogP) is 3.09. The molecule has 0 aliphatic rings. The van der Waals surface area contributed by atoms with Gasteiger partial charge in [0.2, 0.25) is 0 Å². The van der Waals surface area contributed by atoms with Gasteiger partial charge in [0.1, 0.15) is 5.65 Å². The van der Waals surface area contributed by atoms with Crippen LogP contribution in [0.15, 0.2) is 54.9 Å². The molecule has 0 amide bonds. The number of hydrogen-bond acceptors (Lipinski definition) is 3. The van der Waals surface area contributed by atoms with Gasteiger partial charge in [-0.05, 0) is 29.8 Å². The van der Waals surface area contributed by atoms with Crippen LogP contribution in [0.4, 0.5) is 5.69 Å². The third-order valence-electron chi connectivity index (χ3n) is 3.13. The zero-order valence-electron chi connectivity index (χ0n) is 11.4. The average Bonchev–Trinajstić information content (AvgIpc) is 2.89. The lowest BCUT2D eigenvalue weighted by Gasteiger charge is -2.06. The molecule has 0 aliphatic carbocycles. The lowest BCUT2D eigenvalue weighted by molar-refractivity contribution is 0.185. The van der Waals surface area contributed by atoms with Crippen molar-refractivity contribution in [3.8, 4) is 0 Å². The van der Waals surface area contributed by atoms with E-state index in [1.54, 1.807) is 7.11 Å². The number of anilines is 1. The van der Waals surface area contributed by atoms with Crippen LogP contribution in [0.2, 0.25) is 0 Å². The number of aromatic nitrogens is 2. The molecule has 0 unspecified atom stereocenters. The molecule has 2 heterocycles. The number of benzene rings is 1. The fraction of sp³-hybridized carbons (Fsp3) is 0.188. The minimum absolute atomic E-state index is 0.629. The van der Waals surface area contributed by atoms with E-state index >= 15 is 0 Å². The first-order valence-electron chi connectivity index (χ1n) is 6.59. The summed E-state index contributed by atoms with van der Waals surface area (Å²) < 4.78 is 7.17. The van der Waals surface area contributed by atoms with Gasteiger partial charge < -0.3 is 14.5 Å². The minimum Gasteiger partial charge on any atom is -0.380 e. The van der Waals surface area contributed by atoms with Crippen LogP contribution in [0.3, 0.4) is 0 Å². The molecule has 0 saturated heterocycles. The maximum atomic E-state index is 5.14. The highest BCUT2D eigenvalue weighted by Crippen LogP contribution is 2.13. The molecule has 0 atom stereocenters. The molecule has 0 fully saturated rings. The molecule has 20 heavy (non-hydrogen) atoms. The number of fused-ring (bicyclic) bond motifs is 1. The summed E-state index contributed by atoms with van der Waals surface area (Å²) in [4.78, 5) is 4.56. The fourth-order valence-corrected chi connectivity index (χ4v) is 2.20. The number of nitrogens with zero attached hydrogens (tertiary/aromatic N) is 2. The van der Waals surface area contributed by atoms with E-state index < -0.39 is 0 Å². The van der Waals surface area contributed by atoms with Gasteiger partial charge in [-0.15, -0.1) is 0 Å². The Balaban J connectivity index is 1.71. The molecule has 0 aliphatic heterocycles. The Hall–Kier alpha value is -2.33. The van der Waals surface area contributed by atoms with E-state index in [1.807, 2.05) is 41.1 Å². The molecule has 0 bridgehead atoms. The molecule has 4 heteroatoms. The molecule has 4 nitrogen and oxygen atoms in total. The van der Waals surface area contributed by atoms with Gasteiger partial charge in [-0.2, -0.15) is 0 Å². The molecular formula is C16H17N3O. The smallest absolute Gasteiger partial charge is 0.137 e. The van der Waals surface area contributed by atoms with Crippen molar-refractivity contribution in [2.45, 2.75) is 13.2 Å². The van der Waals surface area contributed by atoms with Crippen LogP contribution in [0.5, 0.6) is 0 Å². The predicted molar refractivity (Wildman–Crippen MR) is 79.7 cm³/mol. The zero-order valence-corrected chi connectivity index (χ0v) is 11.4. The van der Waals surface area contributed by atoms with Crippen molar-refractivity contribution in [1.29, 1.82) is 0 Å². The lowest BCUT2D eigenvalue weighted by atomic mass is 10.2. The summed E-state index contributed by atoms with van der Waals surface area (Å²) in [5, 5.41) is 3.39. The third kappa shape index (κ3) is 2.81. The molecule has 1 N–H and O–H groups in total. The summed E-state index contributed by atoms with van der Waals surface area (Å²) in [6, 6.07) is 14.2. The van der Waals surface area contributed by atoms with E-state index in [0.29, 0.717) is 13.2 Å². The molecule has 3 rings (SSSR count). The second-order valence-electron chi connectivity index (χ2n) is 4.69. The number of nitrogens with one attached hydrogen (secondary N) is 1. The van der Waals surface area contributed by atoms with E-state index in [4.69, 9.17) is 4.74 Å². The quantitative estimate of drug-likeness (QED) is 0.772. The Morgan fingerprint density at radius 3 is 3.00 bits per heavy atom. The van der Waals surface area contributed by atoms with Crippen molar-refractivity contribution in [1.82, 2.24) is 9.38 Å². The van der Waals surface area contributed by atoms with E-state index in [-0.39, 0.29) is 0 Å². The molecule has 102 valence electrons. The maximum Gasteiger partial charge on any atom is 0.137 e. The van der Waals surface area contributed by atoms with E-state index in [9.17, 15) is 0 Å². The van der Waals surface area contributed by atoms with Gasteiger partial charge in [-0.25, -0.2) is 4.98 Å². The van der Waals surface area contributed by atoms with Crippen LogP contribution in [0.25, 0.3) is 5.65 Å². The van der Waals surface area contributed by atoms with Gasteiger partial charge in [0.15, 0.2) is 0 Å². The van der Waals surface area contributed by atoms with Crippen LogP contribution in [0.1, 0.15) is 11.3 Å². The summed E-state index contributed by atoms with van der Waals surface area (Å²) in [6.07, 6.45) is 4.05.